The van der Waals surface area contributed by atoms with Crippen LogP contribution >= 0.6 is 0 Å². The summed E-state index contributed by atoms with van der Waals surface area (Å²) in [6.07, 6.45) is 4.27. The first-order valence-corrected chi connectivity index (χ1v) is 8.68. The van der Waals surface area contributed by atoms with Crippen LogP contribution in [-0.2, 0) is 17.8 Å². The van der Waals surface area contributed by atoms with Gasteiger partial charge in [0, 0.05) is 17.8 Å². The smallest absolute Gasteiger partial charge is 0.312 e. The zero-order valence-corrected chi connectivity index (χ0v) is 14.0. The number of nitrogens with zero attached hydrogens (tertiary/aromatic N) is 1. The highest BCUT2D eigenvalue weighted by Crippen LogP contribution is 2.30. The third kappa shape index (κ3) is 3.01. The summed E-state index contributed by atoms with van der Waals surface area (Å²) < 4.78 is 1.93. The van der Waals surface area contributed by atoms with E-state index < -0.39 is 11.9 Å². The highest BCUT2D eigenvalue weighted by atomic mass is 16.4. The summed E-state index contributed by atoms with van der Waals surface area (Å²) >= 11 is 0. The van der Waals surface area contributed by atoms with Crippen LogP contribution in [0.4, 0.5) is 0 Å². The predicted octanol–water partition coefficient (Wildman–Crippen LogP) is 4.02. The Labute approximate surface area is 142 Å². The molecule has 0 bridgehead atoms. The van der Waals surface area contributed by atoms with Gasteiger partial charge in [-0.2, -0.15) is 0 Å². The molecule has 0 spiro atoms. The number of carboxylic acid groups (broad SMARTS) is 1. The molecule has 1 atom stereocenters. The molecule has 1 aliphatic heterocycles. The van der Waals surface area contributed by atoms with Crippen molar-refractivity contribution in [2.24, 2.45) is 0 Å². The fourth-order valence-electron chi connectivity index (χ4n) is 3.62. The van der Waals surface area contributed by atoms with Crippen molar-refractivity contribution in [2.45, 2.75) is 51.5 Å². The van der Waals surface area contributed by atoms with Crippen LogP contribution in [0.25, 0.3) is 0 Å². The van der Waals surface area contributed by atoms with E-state index in [2.05, 4.69) is 6.92 Å². The molecular weight excluding hydrogens is 302 g/mol. The maximum atomic E-state index is 13.1. The van der Waals surface area contributed by atoms with E-state index in [1.165, 1.54) is 0 Å². The highest BCUT2D eigenvalue weighted by Gasteiger charge is 2.28. The molecule has 3 rings (SSSR count). The van der Waals surface area contributed by atoms with Crippen LogP contribution in [0, 0.1) is 0 Å². The van der Waals surface area contributed by atoms with Crippen molar-refractivity contribution in [2.75, 3.05) is 0 Å². The van der Waals surface area contributed by atoms with E-state index in [1.54, 1.807) is 6.07 Å². The Balaban J connectivity index is 2.02. The van der Waals surface area contributed by atoms with Gasteiger partial charge < -0.3 is 9.67 Å². The van der Waals surface area contributed by atoms with Gasteiger partial charge >= 0.3 is 5.97 Å². The van der Waals surface area contributed by atoms with Gasteiger partial charge in [0.05, 0.1) is 11.6 Å². The molecule has 2 heterocycles. The van der Waals surface area contributed by atoms with Gasteiger partial charge in [-0.15, -0.1) is 0 Å². The van der Waals surface area contributed by atoms with Crippen molar-refractivity contribution in [1.29, 1.82) is 0 Å². The van der Waals surface area contributed by atoms with E-state index in [4.69, 9.17) is 0 Å². The molecule has 4 heteroatoms. The van der Waals surface area contributed by atoms with Gasteiger partial charge in [0.25, 0.3) is 0 Å². The van der Waals surface area contributed by atoms with Crippen molar-refractivity contribution >= 4 is 11.8 Å². The number of fused-ring (bicyclic) bond motifs is 1. The zero-order chi connectivity index (χ0) is 17.1. The average molecular weight is 325 g/mol. The minimum absolute atomic E-state index is 0.00339. The standard InChI is InChI=1S/C20H23NO3/c1-2-7-14-8-3-4-9-15(14)19(22)18-12-11-17-16(20(23)24)10-5-6-13-21(17)18/h3-4,8-9,11-12,16H,2,5-7,10,13H2,1H3,(H,23,24). The fraction of sp³-hybridized carbons (Fsp3) is 0.400. The average Bonchev–Trinajstić information content (AvgIpc) is 2.86. The minimum Gasteiger partial charge on any atom is -0.481 e. The van der Waals surface area contributed by atoms with Crippen LogP contribution in [-0.4, -0.2) is 21.4 Å². The highest BCUT2D eigenvalue weighted by molar-refractivity contribution is 6.09. The number of carbonyl (C=O) groups excluding carboxylic acids is 1. The largest absolute Gasteiger partial charge is 0.481 e. The predicted molar refractivity (Wildman–Crippen MR) is 92.5 cm³/mol. The Morgan fingerprint density at radius 2 is 1.96 bits per heavy atom. The number of aliphatic carboxylic acids is 1. The lowest BCUT2D eigenvalue weighted by atomic mass is 9.98. The first-order chi connectivity index (χ1) is 11.6. The number of rotatable bonds is 5. The third-order valence-corrected chi connectivity index (χ3v) is 4.81. The summed E-state index contributed by atoms with van der Waals surface area (Å²) in [7, 11) is 0. The summed E-state index contributed by atoms with van der Waals surface area (Å²) in [5.41, 5.74) is 3.17. The van der Waals surface area contributed by atoms with Gasteiger partial charge in [0.2, 0.25) is 5.78 Å². The molecule has 24 heavy (non-hydrogen) atoms. The van der Waals surface area contributed by atoms with Gasteiger partial charge in [0.15, 0.2) is 0 Å². The molecule has 4 nitrogen and oxygen atoms in total. The summed E-state index contributed by atoms with van der Waals surface area (Å²) in [4.78, 5) is 24.7. The molecule has 1 N–H and O–H groups in total. The van der Waals surface area contributed by atoms with Crippen molar-refractivity contribution in [1.82, 2.24) is 4.57 Å². The maximum absolute atomic E-state index is 13.1. The molecule has 1 aromatic carbocycles. The SMILES string of the molecule is CCCc1ccccc1C(=O)c1ccc2n1CCCCC2C(=O)O. The number of carbonyl (C=O) groups is 2. The van der Waals surface area contributed by atoms with Gasteiger partial charge in [-0.05, 0) is 37.0 Å². The molecule has 0 radical (unpaired) electrons. The summed E-state index contributed by atoms with van der Waals surface area (Å²) in [6.45, 7) is 2.81. The summed E-state index contributed by atoms with van der Waals surface area (Å²) in [5, 5.41) is 9.49. The molecule has 1 unspecified atom stereocenters. The second kappa shape index (κ2) is 7.04. The zero-order valence-electron chi connectivity index (χ0n) is 14.0. The molecule has 0 saturated heterocycles. The van der Waals surface area contributed by atoms with Crippen molar-refractivity contribution in [3.63, 3.8) is 0 Å². The maximum Gasteiger partial charge on any atom is 0.312 e. The number of hydrogen-bond donors (Lipinski definition) is 1. The van der Waals surface area contributed by atoms with Crippen molar-refractivity contribution in [3.8, 4) is 0 Å². The van der Waals surface area contributed by atoms with Gasteiger partial charge in [-0.3, -0.25) is 9.59 Å². The lowest BCUT2D eigenvalue weighted by molar-refractivity contribution is -0.139. The van der Waals surface area contributed by atoms with E-state index in [9.17, 15) is 14.7 Å². The Hall–Kier alpha value is -2.36. The van der Waals surface area contributed by atoms with Crippen LogP contribution in [0.15, 0.2) is 36.4 Å². The van der Waals surface area contributed by atoms with E-state index in [-0.39, 0.29) is 5.78 Å². The van der Waals surface area contributed by atoms with Crippen molar-refractivity contribution < 1.29 is 14.7 Å². The first-order valence-electron chi connectivity index (χ1n) is 8.68. The fourth-order valence-corrected chi connectivity index (χ4v) is 3.62. The molecule has 126 valence electrons. The van der Waals surface area contributed by atoms with E-state index in [1.807, 2.05) is 34.9 Å². The van der Waals surface area contributed by atoms with Crippen LogP contribution in [0.2, 0.25) is 0 Å². The summed E-state index contributed by atoms with van der Waals surface area (Å²) in [6, 6.07) is 11.3. The molecule has 2 aromatic rings. The molecule has 0 saturated carbocycles. The molecule has 0 fully saturated rings. The van der Waals surface area contributed by atoms with Crippen LogP contribution in [0.5, 0.6) is 0 Å². The number of hydrogen-bond acceptors (Lipinski definition) is 2. The normalized spacial score (nSPS) is 17.1. The lowest BCUT2D eigenvalue weighted by Gasteiger charge is -2.14. The second-order valence-electron chi connectivity index (χ2n) is 6.42. The summed E-state index contributed by atoms with van der Waals surface area (Å²) in [5.74, 6) is -1.32. The molecule has 0 amide bonds. The molecule has 1 aliphatic rings. The van der Waals surface area contributed by atoms with Gasteiger partial charge in [-0.25, -0.2) is 0 Å². The minimum atomic E-state index is -0.804. The van der Waals surface area contributed by atoms with Crippen molar-refractivity contribution in [3.05, 3.63) is 58.9 Å². The second-order valence-corrected chi connectivity index (χ2v) is 6.42. The topological polar surface area (TPSA) is 59.3 Å². The Kier molecular flexibility index (Phi) is 4.84. The first kappa shape index (κ1) is 16.5. The molecular formula is C20H23NO3. The number of carboxylic acids is 1. The Morgan fingerprint density at radius 1 is 1.17 bits per heavy atom. The number of aromatic nitrogens is 1. The van der Waals surface area contributed by atoms with E-state index in [0.717, 1.165) is 42.5 Å². The van der Waals surface area contributed by atoms with Gasteiger partial charge in [0.1, 0.15) is 0 Å². The number of ketones is 1. The third-order valence-electron chi connectivity index (χ3n) is 4.81. The molecule has 1 aromatic heterocycles. The lowest BCUT2D eigenvalue weighted by Crippen LogP contribution is -2.17. The van der Waals surface area contributed by atoms with Gasteiger partial charge in [-0.1, -0.05) is 44.0 Å². The molecule has 0 aliphatic carbocycles. The van der Waals surface area contributed by atoms with E-state index >= 15 is 0 Å². The van der Waals surface area contributed by atoms with Crippen LogP contribution < -0.4 is 0 Å². The Morgan fingerprint density at radius 3 is 2.71 bits per heavy atom. The van der Waals surface area contributed by atoms with Crippen LogP contribution in [0.3, 0.4) is 0 Å². The number of aryl methyl sites for hydroxylation is 1. The van der Waals surface area contributed by atoms with Crippen LogP contribution in [0.1, 0.15) is 65.8 Å². The Bertz CT molecular complexity index is 760. The monoisotopic (exact) mass is 325 g/mol. The number of benzene rings is 1. The quantitative estimate of drug-likeness (QED) is 0.845. The van der Waals surface area contributed by atoms with E-state index in [0.29, 0.717) is 18.7 Å².